The second kappa shape index (κ2) is 9.71. The molecule has 0 aliphatic rings. The molecule has 3 aromatic carbocycles. The van der Waals surface area contributed by atoms with Crippen LogP contribution in [-0.2, 0) is 10.0 Å². The van der Waals surface area contributed by atoms with E-state index in [1.54, 1.807) is 71.5 Å². The van der Waals surface area contributed by atoms with Crippen molar-refractivity contribution in [1.29, 1.82) is 0 Å². The second-order valence-electron chi connectivity index (χ2n) is 8.36. The van der Waals surface area contributed by atoms with Gasteiger partial charge in [0.1, 0.15) is 12.7 Å². The van der Waals surface area contributed by atoms with Crippen LogP contribution in [0.5, 0.6) is 0 Å². The van der Waals surface area contributed by atoms with E-state index in [-0.39, 0.29) is 16.8 Å². The molecule has 4 aromatic rings. The summed E-state index contributed by atoms with van der Waals surface area (Å²) in [5.41, 5.74) is 3.79. The Kier molecular flexibility index (Phi) is 6.70. The molecule has 0 aliphatic carbocycles. The number of carbonyl (C=O) groups is 1. The molecule has 1 amide bonds. The van der Waals surface area contributed by atoms with Gasteiger partial charge in [0.15, 0.2) is 0 Å². The first-order chi connectivity index (χ1) is 16.7. The molecule has 0 radical (unpaired) electrons. The maximum Gasteiger partial charge on any atom is 0.264 e. The van der Waals surface area contributed by atoms with Gasteiger partial charge in [-0.2, -0.15) is 5.10 Å². The summed E-state index contributed by atoms with van der Waals surface area (Å²) in [6, 6.07) is 20.9. The van der Waals surface area contributed by atoms with Crippen molar-refractivity contribution in [2.75, 3.05) is 18.4 Å². The van der Waals surface area contributed by atoms with Crippen molar-refractivity contribution in [1.82, 2.24) is 19.7 Å². The zero-order valence-corrected chi connectivity index (χ0v) is 20.8. The van der Waals surface area contributed by atoms with Crippen molar-refractivity contribution < 1.29 is 13.2 Å². The summed E-state index contributed by atoms with van der Waals surface area (Å²) in [6.07, 6.45) is 3.10. The predicted octanol–water partition coefficient (Wildman–Crippen LogP) is 4.23. The van der Waals surface area contributed by atoms with Crippen LogP contribution in [0.3, 0.4) is 0 Å². The largest absolute Gasteiger partial charge is 0.335 e. The number of rotatable bonds is 7. The first-order valence-electron chi connectivity index (χ1n) is 11.1. The van der Waals surface area contributed by atoms with E-state index in [9.17, 15) is 13.2 Å². The van der Waals surface area contributed by atoms with Crippen LogP contribution in [0, 0.1) is 6.92 Å². The highest BCUT2D eigenvalue weighted by Crippen LogP contribution is 2.25. The van der Waals surface area contributed by atoms with Crippen LogP contribution < -0.4 is 4.31 Å². The van der Waals surface area contributed by atoms with Gasteiger partial charge in [0.05, 0.1) is 22.3 Å². The van der Waals surface area contributed by atoms with Gasteiger partial charge in [-0.05, 0) is 67.9 Å². The predicted molar refractivity (Wildman–Crippen MR) is 135 cm³/mol. The lowest BCUT2D eigenvalue weighted by atomic mass is 10.1. The van der Waals surface area contributed by atoms with Crippen molar-refractivity contribution in [3.8, 4) is 5.69 Å². The van der Waals surface area contributed by atoms with Gasteiger partial charge in [-0.3, -0.25) is 9.10 Å². The molecule has 180 valence electrons. The summed E-state index contributed by atoms with van der Waals surface area (Å²) in [7, 11) is -0.446. The SMILES string of the molecule is Cc1ccc(S(=O)(=O)N(C)c2ccc(C(=O)N(C)C(C)c3ccc(-n4cncn4)cc3)cc2)cc1. The highest BCUT2D eigenvalue weighted by Gasteiger charge is 2.23. The van der Waals surface area contributed by atoms with Crippen LogP contribution in [0.2, 0.25) is 0 Å². The molecule has 8 nitrogen and oxygen atoms in total. The molecule has 1 unspecified atom stereocenters. The topological polar surface area (TPSA) is 88.4 Å². The number of amides is 1. The average Bonchev–Trinajstić information content (AvgIpc) is 3.42. The minimum absolute atomic E-state index is 0.159. The quantitative estimate of drug-likeness (QED) is 0.388. The third-order valence-electron chi connectivity index (χ3n) is 6.12. The molecule has 0 bridgehead atoms. The molecule has 1 atom stereocenters. The molecule has 0 fully saturated rings. The maximum absolute atomic E-state index is 13.1. The van der Waals surface area contributed by atoms with Crippen molar-refractivity contribution in [2.45, 2.75) is 24.8 Å². The van der Waals surface area contributed by atoms with Gasteiger partial charge in [-0.1, -0.05) is 29.8 Å². The normalized spacial score (nSPS) is 12.2. The Labute approximate surface area is 205 Å². The Morgan fingerprint density at radius 2 is 1.54 bits per heavy atom. The lowest BCUT2D eigenvalue weighted by molar-refractivity contribution is 0.0742. The molecule has 1 aromatic heterocycles. The summed E-state index contributed by atoms with van der Waals surface area (Å²) >= 11 is 0. The Bertz CT molecular complexity index is 1400. The van der Waals surface area contributed by atoms with Crippen LogP contribution in [0.25, 0.3) is 5.69 Å². The smallest absolute Gasteiger partial charge is 0.264 e. The van der Waals surface area contributed by atoms with E-state index >= 15 is 0 Å². The van der Waals surface area contributed by atoms with Crippen molar-refractivity contribution in [3.05, 3.63) is 102 Å². The van der Waals surface area contributed by atoms with Crippen LogP contribution in [0.15, 0.2) is 90.3 Å². The number of sulfonamides is 1. The van der Waals surface area contributed by atoms with E-state index in [1.807, 2.05) is 38.1 Å². The average molecular weight is 490 g/mol. The Balaban J connectivity index is 1.47. The number of hydrogen-bond donors (Lipinski definition) is 0. The first kappa shape index (κ1) is 24.2. The summed E-state index contributed by atoms with van der Waals surface area (Å²) in [6.45, 7) is 3.86. The molecular weight excluding hydrogens is 462 g/mol. The standard InChI is InChI=1S/C26H27N5O3S/c1-19-5-15-25(16-6-19)35(33,34)30(4)23-11-9-22(10-12-23)26(32)29(3)20(2)21-7-13-24(14-8-21)31-18-27-17-28-31/h5-18,20H,1-4H3. The van der Waals surface area contributed by atoms with Gasteiger partial charge in [0.25, 0.3) is 15.9 Å². The molecule has 0 aliphatic heterocycles. The van der Waals surface area contributed by atoms with Gasteiger partial charge in [-0.25, -0.2) is 18.1 Å². The number of hydrogen-bond acceptors (Lipinski definition) is 5. The zero-order valence-electron chi connectivity index (χ0n) is 20.0. The number of aromatic nitrogens is 3. The van der Waals surface area contributed by atoms with E-state index < -0.39 is 10.0 Å². The van der Waals surface area contributed by atoms with E-state index in [1.165, 1.54) is 17.7 Å². The molecule has 0 N–H and O–H groups in total. The Morgan fingerprint density at radius 1 is 0.914 bits per heavy atom. The number of carbonyl (C=O) groups excluding carboxylic acids is 1. The minimum atomic E-state index is -3.70. The minimum Gasteiger partial charge on any atom is -0.335 e. The first-order valence-corrected chi connectivity index (χ1v) is 12.5. The van der Waals surface area contributed by atoms with Crippen LogP contribution in [0.4, 0.5) is 5.69 Å². The van der Waals surface area contributed by atoms with Gasteiger partial charge in [0, 0.05) is 19.7 Å². The van der Waals surface area contributed by atoms with Crippen molar-refractivity contribution in [2.24, 2.45) is 0 Å². The fraction of sp³-hybridized carbons (Fsp3) is 0.192. The van der Waals surface area contributed by atoms with Crippen LogP contribution in [-0.4, -0.2) is 48.1 Å². The lowest BCUT2D eigenvalue weighted by Crippen LogP contribution is -2.30. The van der Waals surface area contributed by atoms with E-state index in [4.69, 9.17) is 0 Å². The van der Waals surface area contributed by atoms with E-state index in [0.717, 1.165) is 16.8 Å². The number of aryl methyl sites for hydroxylation is 1. The zero-order chi connectivity index (χ0) is 25.2. The summed E-state index contributed by atoms with van der Waals surface area (Å²) in [5, 5.41) is 4.12. The van der Waals surface area contributed by atoms with Gasteiger partial charge >= 0.3 is 0 Å². The van der Waals surface area contributed by atoms with Gasteiger partial charge in [0.2, 0.25) is 0 Å². The molecule has 35 heavy (non-hydrogen) atoms. The number of nitrogens with zero attached hydrogens (tertiary/aromatic N) is 5. The summed E-state index contributed by atoms with van der Waals surface area (Å²) in [4.78, 5) is 18.9. The molecular formula is C26H27N5O3S. The molecule has 0 saturated carbocycles. The summed E-state index contributed by atoms with van der Waals surface area (Å²) in [5.74, 6) is -0.159. The van der Waals surface area contributed by atoms with Crippen molar-refractivity contribution in [3.63, 3.8) is 0 Å². The van der Waals surface area contributed by atoms with Gasteiger partial charge < -0.3 is 4.90 Å². The fourth-order valence-electron chi connectivity index (χ4n) is 3.67. The molecule has 0 saturated heterocycles. The summed E-state index contributed by atoms with van der Waals surface area (Å²) < 4.78 is 28.8. The maximum atomic E-state index is 13.1. The molecule has 4 rings (SSSR count). The van der Waals surface area contributed by atoms with E-state index in [0.29, 0.717) is 11.3 Å². The number of anilines is 1. The number of benzene rings is 3. The Hall–Kier alpha value is -3.98. The molecule has 0 spiro atoms. The highest BCUT2D eigenvalue weighted by atomic mass is 32.2. The second-order valence-corrected chi connectivity index (χ2v) is 10.3. The Morgan fingerprint density at radius 3 is 2.11 bits per heavy atom. The molecule has 9 heteroatoms. The monoisotopic (exact) mass is 489 g/mol. The third kappa shape index (κ3) is 4.95. The van der Waals surface area contributed by atoms with E-state index in [2.05, 4.69) is 10.1 Å². The van der Waals surface area contributed by atoms with Crippen LogP contribution >= 0.6 is 0 Å². The third-order valence-corrected chi connectivity index (χ3v) is 7.92. The van der Waals surface area contributed by atoms with Crippen LogP contribution in [0.1, 0.15) is 34.5 Å². The van der Waals surface area contributed by atoms with Crippen molar-refractivity contribution >= 4 is 21.6 Å². The highest BCUT2D eigenvalue weighted by molar-refractivity contribution is 7.92. The lowest BCUT2D eigenvalue weighted by Gasteiger charge is -2.26. The fourth-order valence-corrected chi connectivity index (χ4v) is 4.87. The molecule has 1 heterocycles. The van der Waals surface area contributed by atoms with Gasteiger partial charge in [-0.15, -0.1) is 0 Å².